The molecule has 1 aliphatic carbocycles. The van der Waals surface area contributed by atoms with Crippen molar-refractivity contribution >= 4 is 45.9 Å². The minimum atomic E-state index is -1.63. The molecule has 0 spiro atoms. The van der Waals surface area contributed by atoms with E-state index in [2.05, 4.69) is 10.3 Å². The second-order valence-corrected chi connectivity index (χ2v) is 11.6. The van der Waals surface area contributed by atoms with E-state index in [0.717, 1.165) is 0 Å². The standard InChI is InChI=1S/C32H31Cl2FN4O5/c1-4-44-30-19(14-27(36)40)13-26(39-29(30)17-5-8-22(33)24(35)11-17)32(42,21-6-7-21)15-37-31(41)20-9-18-10-23(34)16(2)38-28(18)25(12-20)43-3/h5,8-13,21,42H,4,6-7,14-15H2,1-3H3,(H2,36,40)(H,37,41)/t32-/m1/s1. The van der Waals surface area contributed by atoms with Crippen LogP contribution in [0.15, 0.2) is 42.5 Å². The van der Waals surface area contributed by atoms with Crippen molar-refractivity contribution in [1.29, 1.82) is 0 Å². The zero-order valence-corrected chi connectivity index (χ0v) is 25.9. The van der Waals surface area contributed by atoms with Crippen molar-refractivity contribution in [3.8, 4) is 22.8 Å². The van der Waals surface area contributed by atoms with Gasteiger partial charge in [-0.1, -0.05) is 29.3 Å². The summed E-state index contributed by atoms with van der Waals surface area (Å²) < 4.78 is 25.9. The fourth-order valence-corrected chi connectivity index (χ4v) is 5.48. The highest BCUT2D eigenvalue weighted by atomic mass is 35.5. The smallest absolute Gasteiger partial charge is 0.251 e. The molecule has 2 amide bonds. The van der Waals surface area contributed by atoms with Gasteiger partial charge in [-0.15, -0.1) is 0 Å². The van der Waals surface area contributed by atoms with Crippen molar-refractivity contribution in [2.45, 2.75) is 38.7 Å². The minimum absolute atomic E-state index is 0.0732. The Morgan fingerprint density at radius 3 is 2.52 bits per heavy atom. The summed E-state index contributed by atoms with van der Waals surface area (Å²) in [6.45, 7) is 3.57. The molecule has 4 N–H and O–H groups in total. The number of primary amides is 1. The van der Waals surface area contributed by atoms with Gasteiger partial charge >= 0.3 is 0 Å². The number of rotatable bonds is 11. The lowest BCUT2D eigenvalue weighted by molar-refractivity contribution is -0.117. The lowest BCUT2D eigenvalue weighted by Gasteiger charge is -2.30. The molecule has 2 aromatic heterocycles. The van der Waals surface area contributed by atoms with E-state index >= 15 is 0 Å². The maximum absolute atomic E-state index is 14.5. The Labute approximate surface area is 263 Å². The molecule has 0 unspecified atom stereocenters. The number of halogens is 3. The maximum atomic E-state index is 14.5. The topological polar surface area (TPSA) is 137 Å². The molecular weight excluding hydrogens is 610 g/mol. The number of aromatic nitrogens is 2. The zero-order valence-electron chi connectivity index (χ0n) is 24.3. The molecule has 5 rings (SSSR count). The van der Waals surface area contributed by atoms with Gasteiger partial charge in [-0.05, 0) is 69.0 Å². The molecule has 0 saturated heterocycles. The fraction of sp³-hybridized carbons (Fsp3) is 0.312. The number of aliphatic hydroxyl groups is 1. The summed E-state index contributed by atoms with van der Waals surface area (Å²) in [4.78, 5) is 34.7. The summed E-state index contributed by atoms with van der Waals surface area (Å²) in [6, 6.07) is 10.7. The largest absolute Gasteiger partial charge is 0.494 e. The third kappa shape index (κ3) is 6.29. The van der Waals surface area contributed by atoms with Crippen molar-refractivity contribution in [2.24, 2.45) is 11.7 Å². The zero-order chi connectivity index (χ0) is 31.8. The number of ether oxygens (including phenoxy) is 2. The number of hydrogen-bond acceptors (Lipinski definition) is 7. The van der Waals surface area contributed by atoms with Crippen molar-refractivity contribution in [3.63, 3.8) is 0 Å². The molecule has 44 heavy (non-hydrogen) atoms. The van der Waals surface area contributed by atoms with Crippen LogP contribution in [-0.2, 0) is 16.8 Å². The molecule has 4 aromatic rings. The second kappa shape index (κ2) is 12.6. The highest BCUT2D eigenvalue weighted by Crippen LogP contribution is 2.47. The third-order valence-electron chi connectivity index (χ3n) is 7.60. The van der Waals surface area contributed by atoms with Crippen LogP contribution in [0.2, 0.25) is 10.0 Å². The van der Waals surface area contributed by atoms with Gasteiger partial charge < -0.3 is 25.6 Å². The van der Waals surface area contributed by atoms with Crippen LogP contribution in [-0.4, -0.2) is 47.2 Å². The van der Waals surface area contributed by atoms with Crippen LogP contribution in [0.4, 0.5) is 4.39 Å². The summed E-state index contributed by atoms with van der Waals surface area (Å²) >= 11 is 12.2. The summed E-state index contributed by atoms with van der Waals surface area (Å²) in [5.74, 6) is -1.36. The van der Waals surface area contributed by atoms with Gasteiger partial charge in [0.15, 0.2) is 0 Å². The molecule has 1 atom stereocenters. The normalized spacial score (nSPS) is 14.2. The number of aryl methyl sites for hydroxylation is 1. The Bertz CT molecular complexity index is 1780. The molecule has 230 valence electrons. The first-order valence-corrected chi connectivity index (χ1v) is 14.8. The molecule has 12 heteroatoms. The van der Waals surface area contributed by atoms with E-state index in [1.165, 1.54) is 19.2 Å². The highest BCUT2D eigenvalue weighted by Gasteiger charge is 2.47. The monoisotopic (exact) mass is 640 g/mol. The van der Waals surface area contributed by atoms with Crippen LogP contribution in [0.1, 0.15) is 47.1 Å². The highest BCUT2D eigenvalue weighted by molar-refractivity contribution is 6.32. The Hall–Kier alpha value is -3.99. The number of nitrogens with zero attached hydrogens (tertiary/aromatic N) is 2. The van der Waals surface area contributed by atoms with Crippen molar-refractivity contribution in [2.75, 3.05) is 20.3 Å². The predicted molar refractivity (Wildman–Crippen MR) is 166 cm³/mol. The van der Waals surface area contributed by atoms with Gasteiger partial charge in [0.05, 0.1) is 48.1 Å². The quantitative estimate of drug-likeness (QED) is 0.196. The molecule has 2 heterocycles. The maximum Gasteiger partial charge on any atom is 0.251 e. The Morgan fingerprint density at radius 2 is 1.89 bits per heavy atom. The van der Waals surface area contributed by atoms with E-state index in [0.29, 0.717) is 51.3 Å². The molecule has 2 aromatic carbocycles. The third-order valence-corrected chi connectivity index (χ3v) is 8.29. The number of methoxy groups -OCH3 is 1. The molecule has 9 nitrogen and oxygen atoms in total. The van der Waals surface area contributed by atoms with E-state index in [1.54, 1.807) is 44.2 Å². The van der Waals surface area contributed by atoms with Gasteiger partial charge in [0.25, 0.3) is 5.91 Å². The van der Waals surface area contributed by atoms with Gasteiger partial charge in [0.2, 0.25) is 5.91 Å². The van der Waals surface area contributed by atoms with Crippen LogP contribution in [0.25, 0.3) is 22.2 Å². The van der Waals surface area contributed by atoms with Crippen LogP contribution in [0.3, 0.4) is 0 Å². The van der Waals surface area contributed by atoms with Gasteiger partial charge in [-0.2, -0.15) is 0 Å². The molecule has 1 saturated carbocycles. The van der Waals surface area contributed by atoms with Crippen molar-refractivity contribution < 1.29 is 28.6 Å². The van der Waals surface area contributed by atoms with E-state index in [1.807, 2.05) is 0 Å². The molecule has 0 radical (unpaired) electrons. The number of benzene rings is 2. The van der Waals surface area contributed by atoms with Gasteiger partial charge in [0.1, 0.15) is 34.1 Å². The number of carbonyl (C=O) groups excluding carboxylic acids is 2. The number of pyridine rings is 2. The first kappa shape index (κ1) is 31.4. The van der Waals surface area contributed by atoms with E-state index < -0.39 is 23.2 Å². The van der Waals surface area contributed by atoms with E-state index in [9.17, 15) is 19.1 Å². The lowest BCUT2D eigenvalue weighted by atomic mass is 9.90. The van der Waals surface area contributed by atoms with Gasteiger partial charge in [-0.25, -0.2) is 14.4 Å². The number of nitrogens with two attached hydrogens (primary N) is 1. The molecule has 0 aliphatic heterocycles. The molecule has 1 fully saturated rings. The number of nitrogens with one attached hydrogen (secondary N) is 1. The first-order valence-electron chi connectivity index (χ1n) is 14.0. The average Bonchev–Trinajstić information content (AvgIpc) is 3.84. The number of fused-ring (bicyclic) bond motifs is 1. The number of hydrogen-bond donors (Lipinski definition) is 3. The summed E-state index contributed by atoms with van der Waals surface area (Å²) in [6.07, 6.45) is 1.16. The fourth-order valence-electron chi connectivity index (χ4n) is 5.20. The molecule has 1 aliphatic rings. The van der Waals surface area contributed by atoms with Gasteiger partial charge in [0, 0.05) is 22.1 Å². The second-order valence-electron chi connectivity index (χ2n) is 10.7. The Morgan fingerprint density at radius 1 is 1.14 bits per heavy atom. The van der Waals surface area contributed by atoms with E-state index in [4.69, 9.17) is 43.4 Å². The lowest BCUT2D eigenvalue weighted by Crippen LogP contribution is -2.43. The van der Waals surface area contributed by atoms with Crippen molar-refractivity contribution in [1.82, 2.24) is 15.3 Å². The summed E-state index contributed by atoms with van der Waals surface area (Å²) in [5, 5.41) is 16.0. The van der Waals surface area contributed by atoms with Crippen molar-refractivity contribution in [3.05, 3.63) is 80.8 Å². The minimum Gasteiger partial charge on any atom is -0.494 e. The molecule has 0 bridgehead atoms. The predicted octanol–water partition coefficient (Wildman–Crippen LogP) is 5.51. The molecular formula is C32H31Cl2FN4O5. The van der Waals surface area contributed by atoms with Crippen LogP contribution in [0, 0.1) is 18.7 Å². The Balaban J connectivity index is 1.55. The van der Waals surface area contributed by atoms with Crippen LogP contribution >= 0.6 is 23.2 Å². The number of carbonyl (C=O) groups is 2. The summed E-state index contributed by atoms with van der Waals surface area (Å²) in [7, 11) is 1.49. The SMILES string of the molecule is CCOc1c(CC(N)=O)cc([C@@](O)(CNC(=O)c2cc(OC)c3nc(C)c(Cl)cc3c2)C2CC2)nc1-c1ccc(Cl)c(F)c1. The average molecular weight is 642 g/mol. The van der Waals surface area contributed by atoms with Gasteiger partial charge in [-0.3, -0.25) is 9.59 Å². The van der Waals surface area contributed by atoms with Crippen LogP contribution in [0.5, 0.6) is 11.5 Å². The first-order chi connectivity index (χ1) is 20.9. The van der Waals surface area contributed by atoms with E-state index in [-0.39, 0.29) is 53.2 Å². The number of amides is 2. The Kier molecular flexibility index (Phi) is 8.97. The van der Waals surface area contributed by atoms with Crippen LogP contribution < -0.4 is 20.5 Å². The summed E-state index contributed by atoms with van der Waals surface area (Å²) in [5.41, 5.74) is 6.50.